The smallest absolute Gasteiger partial charge is 0.263 e. The average Bonchev–Trinajstić information content (AvgIpc) is 2.34. The van der Waals surface area contributed by atoms with Crippen LogP contribution in [0.25, 0.3) is 0 Å². The molecule has 1 aromatic rings. The molecule has 0 aromatic heterocycles. The molecule has 0 unspecified atom stereocenters. The highest BCUT2D eigenvalue weighted by molar-refractivity contribution is 5.45. The molecular weight excluding hydrogens is 226 g/mol. The first-order chi connectivity index (χ1) is 8.24. The van der Waals surface area contributed by atoms with Gasteiger partial charge in [-0.1, -0.05) is 18.2 Å². The van der Waals surface area contributed by atoms with E-state index in [1.165, 1.54) is 12.1 Å². The predicted octanol–water partition coefficient (Wildman–Crippen LogP) is 1.85. The normalized spacial score (nSPS) is 10.5. The number of hydrogen-bond acceptors (Lipinski definition) is 2. The van der Waals surface area contributed by atoms with E-state index in [2.05, 4.69) is 10.6 Å². The monoisotopic (exact) mass is 242 g/mol. The second kappa shape index (κ2) is 7.73. The van der Waals surface area contributed by atoms with Crippen molar-refractivity contribution in [1.82, 2.24) is 10.6 Å². The van der Waals surface area contributed by atoms with Crippen LogP contribution in [0.5, 0.6) is 0 Å². The lowest BCUT2D eigenvalue weighted by Crippen LogP contribution is -2.20. The third-order valence-corrected chi connectivity index (χ3v) is 2.29. The zero-order chi connectivity index (χ0) is 12.5. The minimum absolute atomic E-state index is 0.0481. The number of rotatable bonds is 8. The summed E-state index contributed by atoms with van der Waals surface area (Å²) < 4.78 is 24.8. The molecule has 5 heteroatoms. The lowest BCUT2D eigenvalue weighted by Gasteiger charge is -2.06. The molecule has 0 aliphatic heterocycles. The summed E-state index contributed by atoms with van der Waals surface area (Å²) in [5.41, 5.74) is 0.887. The molecule has 1 amide bonds. The van der Waals surface area contributed by atoms with Crippen molar-refractivity contribution in [2.45, 2.75) is 19.4 Å². The van der Waals surface area contributed by atoms with Crippen LogP contribution in [0.3, 0.4) is 0 Å². The van der Waals surface area contributed by atoms with E-state index in [1.54, 1.807) is 6.07 Å². The van der Waals surface area contributed by atoms with E-state index in [4.69, 9.17) is 0 Å². The molecule has 0 saturated carbocycles. The number of alkyl halides is 2. The molecule has 0 spiro atoms. The molecule has 0 atom stereocenters. The Kier molecular flexibility index (Phi) is 6.17. The number of carbonyl (C=O) groups excluding carboxylic acids is 1. The maximum absolute atomic E-state index is 12.4. The van der Waals surface area contributed by atoms with Gasteiger partial charge in [0.2, 0.25) is 6.41 Å². The fourth-order valence-electron chi connectivity index (χ4n) is 1.45. The number of hydrogen-bond donors (Lipinski definition) is 2. The van der Waals surface area contributed by atoms with Crippen molar-refractivity contribution < 1.29 is 13.6 Å². The van der Waals surface area contributed by atoms with Crippen LogP contribution >= 0.6 is 0 Å². The van der Waals surface area contributed by atoms with Gasteiger partial charge in [0.1, 0.15) is 0 Å². The van der Waals surface area contributed by atoms with E-state index in [1.807, 2.05) is 6.07 Å². The Morgan fingerprint density at radius 1 is 1.29 bits per heavy atom. The van der Waals surface area contributed by atoms with Crippen LogP contribution in [0.1, 0.15) is 24.0 Å². The standard InChI is InChI=1S/C12H16F2N2O/c13-12(14)11-4-1-3-10(7-11)8-15-5-2-6-16-9-17/h1,3-4,7,9,12,15H,2,5-6,8H2,(H,16,17). The lowest BCUT2D eigenvalue weighted by atomic mass is 10.1. The molecule has 0 aliphatic carbocycles. The van der Waals surface area contributed by atoms with Gasteiger partial charge in [-0.3, -0.25) is 4.79 Å². The van der Waals surface area contributed by atoms with Gasteiger partial charge in [0.15, 0.2) is 0 Å². The summed E-state index contributed by atoms with van der Waals surface area (Å²) >= 11 is 0. The fraction of sp³-hybridized carbons (Fsp3) is 0.417. The molecule has 0 bridgehead atoms. The predicted molar refractivity (Wildman–Crippen MR) is 61.8 cm³/mol. The van der Waals surface area contributed by atoms with Crippen molar-refractivity contribution in [3.63, 3.8) is 0 Å². The van der Waals surface area contributed by atoms with Gasteiger partial charge >= 0.3 is 0 Å². The molecule has 0 heterocycles. The summed E-state index contributed by atoms with van der Waals surface area (Å²) in [5, 5.41) is 5.68. The first kappa shape index (κ1) is 13.6. The third-order valence-electron chi connectivity index (χ3n) is 2.29. The minimum Gasteiger partial charge on any atom is -0.359 e. The molecule has 0 aliphatic rings. The van der Waals surface area contributed by atoms with Gasteiger partial charge in [-0.25, -0.2) is 8.78 Å². The number of halogens is 2. The van der Waals surface area contributed by atoms with Crippen molar-refractivity contribution in [2.75, 3.05) is 13.1 Å². The molecule has 3 nitrogen and oxygen atoms in total. The number of carbonyl (C=O) groups is 1. The van der Waals surface area contributed by atoms with Crippen LogP contribution < -0.4 is 10.6 Å². The Morgan fingerprint density at radius 3 is 2.82 bits per heavy atom. The molecular formula is C12H16F2N2O. The Labute approximate surface area is 99.2 Å². The summed E-state index contributed by atoms with van der Waals surface area (Å²) in [4.78, 5) is 9.96. The number of benzene rings is 1. The quantitative estimate of drug-likeness (QED) is 0.539. The highest BCUT2D eigenvalue weighted by Crippen LogP contribution is 2.19. The Balaban J connectivity index is 2.26. The van der Waals surface area contributed by atoms with Crippen molar-refractivity contribution in [3.05, 3.63) is 35.4 Å². The molecule has 2 N–H and O–H groups in total. The van der Waals surface area contributed by atoms with Crippen LogP contribution in [-0.4, -0.2) is 19.5 Å². The topological polar surface area (TPSA) is 41.1 Å². The summed E-state index contributed by atoms with van der Waals surface area (Å²) in [6.45, 7) is 1.91. The highest BCUT2D eigenvalue weighted by atomic mass is 19.3. The van der Waals surface area contributed by atoms with Crippen LogP contribution in [0, 0.1) is 0 Å². The summed E-state index contributed by atoms with van der Waals surface area (Å²) in [7, 11) is 0. The lowest BCUT2D eigenvalue weighted by molar-refractivity contribution is -0.109. The van der Waals surface area contributed by atoms with Crippen molar-refractivity contribution >= 4 is 6.41 Å². The molecule has 1 rings (SSSR count). The van der Waals surface area contributed by atoms with Crippen LogP contribution in [0.2, 0.25) is 0 Å². The number of amides is 1. The molecule has 1 aromatic carbocycles. The number of nitrogens with one attached hydrogen (secondary N) is 2. The van der Waals surface area contributed by atoms with Gasteiger partial charge in [-0.05, 0) is 24.6 Å². The Bertz CT molecular complexity index is 345. The van der Waals surface area contributed by atoms with Gasteiger partial charge in [0, 0.05) is 18.7 Å². The van der Waals surface area contributed by atoms with E-state index in [-0.39, 0.29) is 5.56 Å². The van der Waals surface area contributed by atoms with Crippen molar-refractivity contribution in [3.8, 4) is 0 Å². The van der Waals surface area contributed by atoms with Gasteiger partial charge in [-0.2, -0.15) is 0 Å². The maximum atomic E-state index is 12.4. The van der Waals surface area contributed by atoms with E-state index in [9.17, 15) is 13.6 Å². The second-order valence-electron chi connectivity index (χ2n) is 3.65. The van der Waals surface area contributed by atoms with E-state index in [0.29, 0.717) is 19.5 Å². The minimum atomic E-state index is -2.42. The fourth-order valence-corrected chi connectivity index (χ4v) is 1.45. The zero-order valence-corrected chi connectivity index (χ0v) is 9.46. The van der Waals surface area contributed by atoms with Gasteiger partial charge in [0.25, 0.3) is 6.43 Å². The van der Waals surface area contributed by atoms with Gasteiger partial charge in [-0.15, -0.1) is 0 Å². The average molecular weight is 242 g/mol. The van der Waals surface area contributed by atoms with E-state index >= 15 is 0 Å². The highest BCUT2D eigenvalue weighted by Gasteiger charge is 2.06. The molecule has 0 radical (unpaired) electrons. The SMILES string of the molecule is O=CNCCCNCc1cccc(C(F)F)c1. The molecule has 94 valence electrons. The molecule has 0 saturated heterocycles. The summed E-state index contributed by atoms with van der Waals surface area (Å²) in [6.07, 6.45) is -0.953. The van der Waals surface area contributed by atoms with Crippen LogP contribution in [0.4, 0.5) is 8.78 Å². The first-order valence-corrected chi connectivity index (χ1v) is 5.49. The largest absolute Gasteiger partial charge is 0.359 e. The van der Waals surface area contributed by atoms with Gasteiger partial charge < -0.3 is 10.6 Å². The van der Waals surface area contributed by atoms with Crippen molar-refractivity contribution in [1.29, 1.82) is 0 Å². The van der Waals surface area contributed by atoms with Gasteiger partial charge in [0.05, 0.1) is 0 Å². The second-order valence-corrected chi connectivity index (χ2v) is 3.65. The first-order valence-electron chi connectivity index (χ1n) is 5.49. The summed E-state index contributed by atoms with van der Waals surface area (Å²) in [6, 6.07) is 6.36. The van der Waals surface area contributed by atoms with E-state index in [0.717, 1.165) is 18.5 Å². The Morgan fingerprint density at radius 2 is 2.12 bits per heavy atom. The summed E-state index contributed by atoms with van der Waals surface area (Å²) in [5.74, 6) is 0. The van der Waals surface area contributed by atoms with Crippen molar-refractivity contribution in [2.24, 2.45) is 0 Å². The maximum Gasteiger partial charge on any atom is 0.263 e. The molecule has 0 fully saturated rings. The third kappa shape index (κ3) is 5.40. The van der Waals surface area contributed by atoms with Crippen LogP contribution in [0.15, 0.2) is 24.3 Å². The van der Waals surface area contributed by atoms with Crippen LogP contribution in [-0.2, 0) is 11.3 Å². The molecule has 17 heavy (non-hydrogen) atoms. The zero-order valence-electron chi connectivity index (χ0n) is 9.46. The van der Waals surface area contributed by atoms with E-state index < -0.39 is 6.43 Å². The Hall–Kier alpha value is -1.49.